The van der Waals surface area contributed by atoms with E-state index in [2.05, 4.69) is 27.4 Å². The average molecular weight is 341 g/mol. The quantitative estimate of drug-likeness (QED) is 0.359. The first-order chi connectivity index (χ1) is 11.8. The molecule has 0 spiro atoms. The van der Waals surface area contributed by atoms with Crippen molar-refractivity contribution in [3.8, 4) is 0 Å². The Morgan fingerprint density at radius 3 is 2.79 bits per heavy atom. The van der Waals surface area contributed by atoms with Gasteiger partial charge >= 0.3 is 0 Å². The van der Waals surface area contributed by atoms with Gasteiger partial charge in [0.2, 0.25) is 0 Å². The molecule has 0 saturated carbocycles. The van der Waals surface area contributed by atoms with Crippen LogP contribution in [0.4, 0.5) is 0 Å². The Balaban J connectivity index is 1.51. The van der Waals surface area contributed by atoms with E-state index in [1.54, 1.807) is 0 Å². The second-order valence-corrected chi connectivity index (χ2v) is 6.75. The molecule has 2 atom stereocenters. The van der Waals surface area contributed by atoms with E-state index in [0.717, 1.165) is 51.7 Å². The predicted molar refractivity (Wildman–Crippen MR) is 98.7 cm³/mol. The summed E-state index contributed by atoms with van der Waals surface area (Å²) in [4.78, 5) is 6.91. The third-order valence-corrected chi connectivity index (χ3v) is 4.94. The maximum Gasteiger partial charge on any atom is 0.191 e. The molecule has 0 radical (unpaired) electrons. The molecule has 0 aliphatic carbocycles. The zero-order chi connectivity index (χ0) is 17.0. The summed E-state index contributed by atoms with van der Waals surface area (Å²) < 4.78 is 11.2. The monoisotopic (exact) mass is 340 g/mol. The van der Waals surface area contributed by atoms with Crippen molar-refractivity contribution < 1.29 is 9.47 Å². The number of likely N-dealkylation sites (tertiary alicyclic amines) is 1. The van der Waals surface area contributed by atoms with Gasteiger partial charge in [-0.3, -0.25) is 9.89 Å². The fraction of sp³-hybridized carbons (Fsp3) is 0.944. The number of ether oxygens (including phenoxy) is 2. The highest BCUT2D eigenvalue weighted by Crippen LogP contribution is 2.13. The molecule has 6 nitrogen and oxygen atoms in total. The predicted octanol–water partition coefficient (Wildman–Crippen LogP) is 1.61. The first-order valence-electron chi connectivity index (χ1n) is 9.71. The smallest absolute Gasteiger partial charge is 0.191 e. The second-order valence-electron chi connectivity index (χ2n) is 6.75. The molecule has 140 valence electrons. The molecule has 2 N–H and O–H groups in total. The van der Waals surface area contributed by atoms with Crippen molar-refractivity contribution in [1.29, 1.82) is 0 Å². The van der Waals surface area contributed by atoms with Crippen LogP contribution in [-0.4, -0.2) is 76.1 Å². The summed E-state index contributed by atoms with van der Waals surface area (Å²) in [6.45, 7) is 9.01. The molecule has 24 heavy (non-hydrogen) atoms. The lowest BCUT2D eigenvalue weighted by atomic mass is 10.2. The molecule has 0 aromatic carbocycles. The minimum Gasteiger partial charge on any atom is -0.379 e. The number of hydrogen-bond donors (Lipinski definition) is 2. The molecule has 2 aliphatic heterocycles. The van der Waals surface area contributed by atoms with Crippen LogP contribution in [0.5, 0.6) is 0 Å². The van der Waals surface area contributed by atoms with Crippen LogP contribution in [0.2, 0.25) is 0 Å². The molecule has 2 aliphatic rings. The largest absolute Gasteiger partial charge is 0.379 e. The van der Waals surface area contributed by atoms with Gasteiger partial charge in [0, 0.05) is 39.4 Å². The Morgan fingerprint density at radius 1 is 1.29 bits per heavy atom. The van der Waals surface area contributed by atoms with Gasteiger partial charge in [0.05, 0.1) is 12.7 Å². The highest BCUT2D eigenvalue weighted by molar-refractivity contribution is 5.79. The molecule has 2 rings (SSSR count). The lowest BCUT2D eigenvalue weighted by Crippen LogP contribution is -2.46. The van der Waals surface area contributed by atoms with E-state index in [4.69, 9.17) is 9.47 Å². The molecular weight excluding hydrogens is 304 g/mol. The van der Waals surface area contributed by atoms with Gasteiger partial charge in [0.15, 0.2) is 5.96 Å². The number of nitrogens with zero attached hydrogens (tertiary/aromatic N) is 2. The highest BCUT2D eigenvalue weighted by Gasteiger charge is 2.20. The van der Waals surface area contributed by atoms with Gasteiger partial charge in [0.1, 0.15) is 0 Å². The van der Waals surface area contributed by atoms with Crippen LogP contribution in [0.25, 0.3) is 0 Å². The zero-order valence-electron chi connectivity index (χ0n) is 15.6. The minimum atomic E-state index is 0.323. The van der Waals surface area contributed by atoms with Crippen molar-refractivity contribution in [2.75, 3.05) is 53.0 Å². The Bertz CT molecular complexity index is 353. The van der Waals surface area contributed by atoms with E-state index in [1.165, 1.54) is 38.8 Å². The van der Waals surface area contributed by atoms with E-state index in [1.807, 2.05) is 7.05 Å². The first-order valence-corrected chi connectivity index (χ1v) is 9.71. The van der Waals surface area contributed by atoms with Crippen molar-refractivity contribution >= 4 is 5.96 Å². The van der Waals surface area contributed by atoms with E-state index in [-0.39, 0.29) is 0 Å². The van der Waals surface area contributed by atoms with Gasteiger partial charge < -0.3 is 20.1 Å². The Morgan fingerprint density at radius 2 is 2.12 bits per heavy atom. The third kappa shape index (κ3) is 6.95. The molecule has 2 unspecified atom stereocenters. The molecule has 0 amide bonds. The Hall–Kier alpha value is -0.850. The average Bonchev–Trinajstić information content (AvgIpc) is 3.30. The van der Waals surface area contributed by atoms with Crippen molar-refractivity contribution in [2.24, 2.45) is 4.99 Å². The Kier molecular flexibility index (Phi) is 9.46. The Labute approximate surface area is 147 Å². The van der Waals surface area contributed by atoms with Gasteiger partial charge in [-0.05, 0) is 51.6 Å². The van der Waals surface area contributed by atoms with E-state index in [0.29, 0.717) is 12.1 Å². The molecule has 6 heteroatoms. The van der Waals surface area contributed by atoms with Crippen molar-refractivity contribution in [1.82, 2.24) is 15.5 Å². The molecular formula is C18H36N4O2. The third-order valence-electron chi connectivity index (χ3n) is 4.94. The first kappa shape index (κ1) is 19.5. The van der Waals surface area contributed by atoms with Crippen LogP contribution in [0.1, 0.15) is 45.4 Å². The SMILES string of the molecule is CCC(CNC(=NC)NCCCOCC1CCCO1)N1CCCC1. The maximum atomic E-state index is 5.68. The number of hydrogen-bond acceptors (Lipinski definition) is 4. The lowest BCUT2D eigenvalue weighted by molar-refractivity contribution is 0.0168. The number of guanidine groups is 1. The van der Waals surface area contributed by atoms with Crippen molar-refractivity contribution in [3.63, 3.8) is 0 Å². The topological polar surface area (TPSA) is 58.1 Å². The second kappa shape index (κ2) is 11.7. The van der Waals surface area contributed by atoms with Gasteiger partial charge in [0.25, 0.3) is 0 Å². The summed E-state index contributed by atoms with van der Waals surface area (Å²) in [5.41, 5.74) is 0. The minimum absolute atomic E-state index is 0.323. The van der Waals surface area contributed by atoms with Crippen LogP contribution in [0, 0.1) is 0 Å². The van der Waals surface area contributed by atoms with Crippen LogP contribution in [0.15, 0.2) is 4.99 Å². The van der Waals surface area contributed by atoms with Gasteiger partial charge in [-0.1, -0.05) is 6.92 Å². The highest BCUT2D eigenvalue weighted by atomic mass is 16.5. The van der Waals surface area contributed by atoms with Crippen molar-refractivity contribution in [2.45, 2.75) is 57.6 Å². The number of aliphatic imine (C=N–C) groups is 1. The van der Waals surface area contributed by atoms with Crippen LogP contribution in [0.3, 0.4) is 0 Å². The van der Waals surface area contributed by atoms with E-state index in [9.17, 15) is 0 Å². The summed E-state index contributed by atoms with van der Waals surface area (Å²) >= 11 is 0. The summed E-state index contributed by atoms with van der Waals surface area (Å²) in [6.07, 6.45) is 7.49. The van der Waals surface area contributed by atoms with Crippen molar-refractivity contribution in [3.05, 3.63) is 0 Å². The lowest BCUT2D eigenvalue weighted by Gasteiger charge is -2.27. The number of rotatable bonds is 10. The summed E-state index contributed by atoms with van der Waals surface area (Å²) in [6, 6.07) is 0.612. The van der Waals surface area contributed by atoms with Gasteiger partial charge in [-0.2, -0.15) is 0 Å². The number of nitrogens with one attached hydrogen (secondary N) is 2. The van der Waals surface area contributed by atoms with Crippen LogP contribution < -0.4 is 10.6 Å². The normalized spacial score (nSPS) is 23.6. The summed E-state index contributed by atoms with van der Waals surface area (Å²) in [7, 11) is 1.83. The fourth-order valence-corrected chi connectivity index (χ4v) is 3.45. The van der Waals surface area contributed by atoms with Crippen LogP contribution >= 0.6 is 0 Å². The van der Waals surface area contributed by atoms with Gasteiger partial charge in [-0.25, -0.2) is 0 Å². The fourth-order valence-electron chi connectivity index (χ4n) is 3.45. The molecule has 2 fully saturated rings. The molecule has 0 aromatic rings. The summed E-state index contributed by atoms with van der Waals surface area (Å²) in [5.74, 6) is 0.895. The zero-order valence-corrected chi connectivity index (χ0v) is 15.6. The molecule has 0 bridgehead atoms. The summed E-state index contributed by atoms with van der Waals surface area (Å²) in [5, 5.41) is 6.85. The van der Waals surface area contributed by atoms with Gasteiger partial charge in [-0.15, -0.1) is 0 Å². The van der Waals surface area contributed by atoms with Crippen LogP contribution in [-0.2, 0) is 9.47 Å². The molecule has 0 aromatic heterocycles. The molecule has 2 heterocycles. The van der Waals surface area contributed by atoms with E-state index < -0.39 is 0 Å². The molecule has 2 saturated heterocycles. The maximum absolute atomic E-state index is 5.68. The standard InChI is InChI=1S/C18H36N4O2/c1-3-16(22-10-4-5-11-22)14-21-18(19-2)20-9-7-12-23-15-17-8-6-13-24-17/h16-17H,3-15H2,1-2H3,(H2,19,20,21). The van der Waals surface area contributed by atoms with E-state index >= 15 is 0 Å².